The number of aliphatic hydroxyl groups excluding tert-OH is 1. The number of hydrogen-bond donors (Lipinski definition) is 3. The van der Waals surface area contributed by atoms with Crippen molar-refractivity contribution < 1.29 is 80.2 Å². The molecule has 5 atom stereocenters. The van der Waals surface area contributed by atoms with E-state index in [-0.39, 0.29) is 25.7 Å². The zero-order valence-corrected chi connectivity index (χ0v) is 65.2. The second-order valence-electron chi connectivity index (χ2n) is 29.1. The first-order chi connectivity index (χ1) is 46.9. The predicted molar refractivity (Wildman–Crippen MR) is 395 cm³/mol. The Balaban J connectivity index is 5.23. The van der Waals surface area contributed by atoms with Crippen molar-refractivity contribution in [1.29, 1.82) is 0 Å². The molecule has 0 aromatic rings. The van der Waals surface area contributed by atoms with E-state index in [1.54, 1.807) is 0 Å². The van der Waals surface area contributed by atoms with Crippen LogP contribution in [0.2, 0.25) is 0 Å². The van der Waals surface area contributed by atoms with Crippen LogP contribution in [0.25, 0.3) is 0 Å². The van der Waals surface area contributed by atoms with E-state index in [0.717, 1.165) is 102 Å². The first-order valence-electron chi connectivity index (χ1n) is 40.5. The SMILES string of the molecule is CCCCCCCCCCCCCCCCCCCC(=O)OC[C@H](COP(=O)(O)OC[C@@H](O)COP(=O)(O)OC[C@@H](COC(=O)CCCCCCCCCCCC)OC(=O)CCCCCCCCCCCC(C)C)OC(=O)CCCCCCCCCCCCCCCCCC(C)C. The number of aliphatic hydroxyl groups is 1. The molecule has 576 valence electrons. The van der Waals surface area contributed by atoms with Crippen molar-refractivity contribution >= 4 is 39.5 Å². The number of rotatable bonds is 77. The van der Waals surface area contributed by atoms with Gasteiger partial charge in [0.05, 0.1) is 26.4 Å². The molecule has 3 N–H and O–H groups in total. The summed E-state index contributed by atoms with van der Waals surface area (Å²) in [5.41, 5.74) is 0. The Bertz CT molecular complexity index is 1870. The van der Waals surface area contributed by atoms with E-state index >= 15 is 0 Å². The summed E-state index contributed by atoms with van der Waals surface area (Å²) in [4.78, 5) is 72.9. The molecule has 97 heavy (non-hydrogen) atoms. The van der Waals surface area contributed by atoms with Crippen molar-refractivity contribution in [3.8, 4) is 0 Å². The van der Waals surface area contributed by atoms with Gasteiger partial charge in [-0.15, -0.1) is 0 Å². The third-order valence-electron chi connectivity index (χ3n) is 18.2. The van der Waals surface area contributed by atoms with E-state index < -0.39 is 97.5 Å². The maximum absolute atomic E-state index is 13.1. The van der Waals surface area contributed by atoms with Crippen LogP contribution in [0.15, 0.2) is 0 Å². The second-order valence-corrected chi connectivity index (χ2v) is 32.0. The highest BCUT2D eigenvalue weighted by Gasteiger charge is 2.30. The fourth-order valence-corrected chi connectivity index (χ4v) is 13.6. The van der Waals surface area contributed by atoms with Crippen molar-refractivity contribution in [3.63, 3.8) is 0 Å². The van der Waals surface area contributed by atoms with Crippen LogP contribution in [0.5, 0.6) is 0 Å². The lowest BCUT2D eigenvalue weighted by Crippen LogP contribution is -2.30. The topological polar surface area (TPSA) is 237 Å². The van der Waals surface area contributed by atoms with Crippen molar-refractivity contribution in [1.82, 2.24) is 0 Å². The van der Waals surface area contributed by atoms with Gasteiger partial charge in [0.2, 0.25) is 0 Å². The Morgan fingerprint density at radius 1 is 0.278 bits per heavy atom. The van der Waals surface area contributed by atoms with Gasteiger partial charge in [-0.05, 0) is 37.5 Å². The molecule has 19 heteroatoms. The third kappa shape index (κ3) is 72.2. The number of hydrogen-bond acceptors (Lipinski definition) is 15. The van der Waals surface area contributed by atoms with Crippen LogP contribution in [-0.4, -0.2) is 96.7 Å². The Morgan fingerprint density at radius 2 is 0.474 bits per heavy atom. The lowest BCUT2D eigenvalue weighted by molar-refractivity contribution is -0.161. The molecule has 0 aromatic heterocycles. The van der Waals surface area contributed by atoms with Gasteiger partial charge in [-0.25, -0.2) is 9.13 Å². The average Bonchev–Trinajstić information content (AvgIpc) is 1.01. The minimum Gasteiger partial charge on any atom is -0.462 e. The van der Waals surface area contributed by atoms with Gasteiger partial charge < -0.3 is 33.8 Å². The summed E-state index contributed by atoms with van der Waals surface area (Å²) < 4.78 is 68.6. The van der Waals surface area contributed by atoms with Gasteiger partial charge in [0.15, 0.2) is 12.2 Å². The largest absolute Gasteiger partial charge is 0.472 e. The maximum atomic E-state index is 13.1. The van der Waals surface area contributed by atoms with Gasteiger partial charge in [-0.1, -0.05) is 356 Å². The molecule has 17 nitrogen and oxygen atoms in total. The molecule has 0 spiro atoms. The van der Waals surface area contributed by atoms with Crippen molar-refractivity contribution in [2.45, 2.75) is 426 Å². The first-order valence-corrected chi connectivity index (χ1v) is 43.5. The fourth-order valence-electron chi connectivity index (χ4n) is 12.0. The molecule has 0 amide bonds. The van der Waals surface area contributed by atoms with Gasteiger partial charge in [0.1, 0.15) is 19.3 Å². The molecule has 0 heterocycles. The minimum absolute atomic E-state index is 0.106. The molecule has 0 saturated heterocycles. The average molecular weight is 1420 g/mol. The van der Waals surface area contributed by atoms with E-state index in [1.165, 1.54) is 225 Å². The standard InChI is InChI=1S/C78H152O17P2/c1-7-9-11-13-15-17-19-20-21-22-25-28-31-37-43-49-55-61-76(81)89-67-73(94-77(82)62-56-50-44-38-32-29-26-23-24-27-30-34-40-46-52-58-70(3)4)68-92-96(84,85)90-64-72(79)65-91-97(86,87)93-69-74(66-88-75(80)60-54-48-42-36-18-16-14-12-10-8-2)95-78(83)63-57-51-45-39-33-35-41-47-53-59-71(5)6/h70-74,79H,7-69H2,1-6H3,(H,84,85)(H,86,87)/t72-,73-,74-/m1/s1. The van der Waals surface area contributed by atoms with Crippen LogP contribution in [0.3, 0.4) is 0 Å². The first kappa shape index (κ1) is 95.1. The van der Waals surface area contributed by atoms with Gasteiger partial charge in [0, 0.05) is 25.7 Å². The molecule has 0 aromatic carbocycles. The lowest BCUT2D eigenvalue weighted by atomic mass is 10.0. The van der Waals surface area contributed by atoms with Crippen molar-refractivity contribution in [2.24, 2.45) is 11.8 Å². The summed E-state index contributed by atoms with van der Waals surface area (Å²) in [6, 6.07) is 0. The number of unbranched alkanes of at least 4 members (excludes halogenated alkanes) is 47. The molecule has 0 fully saturated rings. The number of carbonyl (C=O) groups is 4. The van der Waals surface area contributed by atoms with Crippen LogP contribution in [0.4, 0.5) is 0 Å². The Kier molecular flexibility index (Phi) is 68.4. The Morgan fingerprint density at radius 3 is 0.701 bits per heavy atom. The van der Waals surface area contributed by atoms with E-state index in [9.17, 15) is 43.2 Å². The number of phosphoric ester groups is 2. The van der Waals surface area contributed by atoms with E-state index in [1.807, 2.05) is 0 Å². The predicted octanol–water partition coefficient (Wildman–Crippen LogP) is 23.1. The number of ether oxygens (including phenoxy) is 4. The smallest absolute Gasteiger partial charge is 0.462 e. The summed E-state index contributed by atoms with van der Waals surface area (Å²) in [5.74, 6) is -0.574. The Hall–Kier alpha value is -1.94. The highest BCUT2D eigenvalue weighted by Crippen LogP contribution is 2.45. The molecular formula is C78H152O17P2. The molecule has 2 unspecified atom stereocenters. The highest BCUT2D eigenvalue weighted by molar-refractivity contribution is 7.47. The third-order valence-corrected chi connectivity index (χ3v) is 20.1. The highest BCUT2D eigenvalue weighted by atomic mass is 31.2. The fraction of sp³-hybridized carbons (Fsp3) is 0.949. The second kappa shape index (κ2) is 69.8. The minimum atomic E-state index is -4.96. The van der Waals surface area contributed by atoms with Crippen LogP contribution in [0.1, 0.15) is 408 Å². The number of esters is 4. The van der Waals surface area contributed by atoms with Crippen molar-refractivity contribution in [2.75, 3.05) is 39.6 Å². The van der Waals surface area contributed by atoms with Crippen LogP contribution < -0.4 is 0 Å². The zero-order valence-electron chi connectivity index (χ0n) is 63.4. The van der Waals surface area contributed by atoms with Gasteiger partial charge in [-0.2, -0.15) is 0 Å². The van der Waals surface area contributed by atoms with E-state index in [4.69, 9.17) is 37.0 Å². The molecule has 0 aliphatic rings. The van der Waals surface area contributed by atoms with Crippen LogP contribution in [0, 0.1) is 11.8 Å². The monoisotopic (exact) mass is 1420 g/mol. The number of phosphoric acid groups is 2. The van der Waals surface area contributed by atoms with Gasteiger partial charge >= 0.3 is 39.5 Å². The normalized spacial score (nSPS) is 14.0. The molecule has 0 rings (SSSR count). The summed E-state index contributed by atoms with van der Waals surface area (Å²) in [7, 11) is -9.91. The molecule has 0 aliphatic heterocycles. The van der Waals surface area contributed by atoms with Gasteiger partial charge in [-0.3, -0.25) is 37.3 Å². The van der Waals surface area contributed by atoms with E-state index in [0.29, 0.717) is 25.7 Å². The van der Waals surface area contributed by atoms with E-state index in [2.05, 4.69) is 41.5 Å². The van der Waals surface area contributed by atoms with Gasteiger partial charge in [0.25, 0.3) is 0 Å². The molecule has 0 aliphatic carbocycles. The van der Waals surface area contributed by atoms with Crippen LogP contribution >= 0.6 is 15.6 Å². The summed E-state index contributed by atoms with van der Waals surface area (Å²) in [5, 5.41) is 10.6. The Labute approximate surface area is 594 Å². The van der Waals surface area contributed by atoms with Crippen molar-refractivity contribution in [3.05, 3.63) is 0 Å². The quantitative estimate of drug-likeness (QED) is 0.0222. The van der Waals surface area contributed by atoms with Crippen LogP contribution in [-0.2, 0) is 65.4 Å². The lowest BCUT2D eigenvalue weighted by Gasteiger charge is -2.21. The molecular weight excluding hydrogens is 1270 g/mol. The molecule has 0 saturated carbocycles. The number of carbonyl (C=O) groups excluding carboxylic acids is 4. The summed E-state index contributed by atoms with van der Waals surface area (Å²) in [6.07, 6.45) is 58.2. The zero-order chi connectivity index (χ0) is 71.4. The summed E-state index contributed by atoms with van der Waals surface area (Å²) >= 11 is 0. The molecule has 0 bridgehead atoms. The summed E-state index contributed by atoms with van der Waals surface area (Å²) in [6.45, 7) is 9.61. The molecule has 0 radical (unpaired) electrons. The maximum Gasteiger partial charge on any atom is 0.472 e.